The third-order valence-electron chi connectivity index (χ3n) is 3.84. The Labute approximate surface area is 143 Å². The van der Waals surface area contributed by atoms with Crippen LogP contribution in [0.2, 0.25) is 0 Å². The number of hydrogen-bond donors (Lipinski definition) is 3. The minimum absolute atomic E-state index is 0.0602. The van der Waals surface area contributed by atoms with E-state index in [1.807, 2.05) is 18.2 Å². The lowest BCUT2D eigenvalue weighted by Gasteiger charge is -2.17. The van der Waals surface area contributed by atoms with Crippen LogP contribution in [0.4, 0.5) is 5.69 Å². The van der Waals surface area contributed by atoms with Crippen LogP contribution in [-0.2, 0) is 16.0 Å². The molecule has 0 saturated carbocycles. The average molecular weight is 333 g/mol. The second-order valence-corrected chi connectivity index (χ2v) is 5.92. The molecular formula is C18H27N3O3. The lowest BCUT2D eigenvalue weighted by molar-refractivity contribution is -0.121. The predicted octanol–water partition coefficient (Wildman–Crippen LogP) is 1.85. The number of fused-ring (bicyclic) bond motifs is 1. The van der Waals surface area contributed by atoms with Gasteiger partial charge in [0.1, 0.15) is 5.75 Å². The van der Waals surface area contributed by atoms with E-state index in [1.54, 1.807) is 0 Å². The third kappa shape index (κ3) is 6.20. The molecule has 1 aliphatic rings. The molecule has 6 heteroatoms. The number of carbonyl (C=O) groups excluding carboxylic acids is 2. The van der Waals surface area contributed by atoms with Crippen LogP contribution in [0.25, 0.3) is 0 Å². The van der Waals surface area contributed by atoms with Crippen molar-refractivity contribution in [2.45, 2.75) is 39.0 Å². The van der Waals surface area contributed by atoms with Crippen molar-refractivity contribution in [1.82, 2.24) is 10.6 Å². The molecule has 132 valence electrons. The molecule has 6 nitrogen and oxygen atoms in total. The number of aryl methyl sites for hydroxylation is 1. The highest BCUT2D eigenvalue weighted by Crippen LogP contribution is 2.26. The number of anilines is 1. The van der Waals surface area contributed by atoms with Gasteiger partial charge in [-0.3, -0.25) is 9.59 Å². The standard InChI is InChI=1S/C18H27N3O3/c1-2-9-19-10-11-20-17(22)4-3-12-24-15-6-7-16-14(13-15)5-8-18(23)21-16/h6-7,13,19H,2-5,8-12H2,1H3,(H,20,22)(H,21,23). The van der Waals surface area contributed by atoms with Crippen LogP contribution >= 0.6 is 0 Å². The monoisotopic (exact) mass is 333 g/mol. The molecule has 24 heavy (non-hydrogen) atoms. The fourth-order valence-electron chi connectivity index (χ4n) is 2.55. The number of carbonyl (C=O) groups is 2. The number of nitrogens with one attached hydrogen (secondary N) is 3. The van der Waals surface area contributed by atoms with E-state index in [-0.39, 0.29) is 11.8 Å². The summed E-state index contributed by atoms with van der Waals surface area (Å²) in [6, 6.07) is 5.69. The number of ether oxygens (including phenoxy) is 1. The highest BCUT2D eigenvalue weighted by atomic mass is 16.5. The molecule has 0 aliphatic carbocycles. The molecule has 3 N–H and O–H groups in total. The molecule has 1 aromatic rings. The van der Waals surface area contributed by atoms with Crippen LogP contribution in [-0.4, -0.2) is 38.1 Å². The minimum atomic E-state index is 0.0602. The first-order valence-corrected chi connectivity index (χ1v) is 8.72. The van der Waals surface area contributed by atoms with Crippen LogP contribution in [0.1, 0.15) is 38.2 Å². The molecule has 1 aromatic carbocycles. The van der Waals surface area contributed by atoms with Crippen molar-refractivity contribution in [3.63, 3.8) is 0 Å². The Morgan fingerprint density at radius 3 is 2.96 bits per heavy atom. The van der Waals surface area contributed by atoms with Crippen molar-refractivity contribution in [1.29, 1.82) is 0 Å². The molecule has 0 fully saturated rings. The van der Waals surface area contributed by atoms with Gasteiger partial charge in [-0.25, -0.2) is 0 Å². The highest BCUT2D eigenvalue weighted by Gasteiger charge is 2.14. The van der Waals surface area contributed by atoms with Gasteiger partial charge in [0, 0.05) is 31.6 Å². The van der Waals surface area contributed by atoms with Gasteiger partial charge < -0.3 is 20.7 Å². The topological polar surface area (TPSA) is 79.5 Å². The Bertz CT molecular complexity index is 560. The van der Waals surface area contributed by atoms with Crippen molar-refractivity contribution < 1.29 is 14.3 Å². The van der Waals surface area contributed by atoms with E-state index in [4.69, 9.17) is 4.74 Å². The lowest BCUT2D eigenvalue weighted by atomic mass is 10.0. The maximum atomic E-state index is 11.7. The second-order valence-electron chi connectivity index (χ2n) is 5.92. The average Bonchev–Trinajstić information content (AvgIpc) is 2.58. The lowest BCUT2D eigenvalue weighted by Crippen LogP contribution is -2.32. The summed E-state index contributed by atoms with van der Waals surface area (Å²) < 4.78 is 5.70. The maximum Gasteiger partial charge on any atom is 0.224 e. The van der Waals surface area contributed by atoms with Gasteiger partial charge in [0.25, 0.3) is 0 Å². The van der Waals surface area contributed by atoms with Crippen LogP contribution in [0.3, 0.4) is 0 Å². The van der Waals surface area contributed by atoms with E-state index in [0.29, 0.717) is 32.4 Å². The molecule has 1 aliphatic heterocycles. The molecule has 0 unspecified atom stereocenters. The molecule has 0 aromatic heterocycles. The molecule has 1 heterocycles. The molecule has 2 amide bonds. The van der Waals surface area contributed by atoms with Gasteiger partial charge in [-0.2, -0.15) is 0 Å². The van der Waals surface area contributed by atoms with E-state index in [9.17, 15) is 9.59 Å². The van der Waals surface area contributed by atoms with Gasteiger partial charge in [-0.05, 0) is 49.6 Å². The van der Waals surface area contributed by atoms with Crippen molar-refractivity contribution in [3.8, 4) is 5.75 Å². The Kier molecular flexibility index (Phi) is 7.55. The number of benzene rings is 1. The molecule has 2 rings (SSSR count). The Morgan fingerprint density at radius 2 is 2.12 bits per heavy atom. The van der Waals surface area contributed by atoms with Gasteiger partial charge in [-0.1, -0.05) is 6.92 Å². The fraction of sp³-hybridized carbons (Fsp3) is 0.556. The van der Waals surface area contributed by atoms with E-state index in [0.717, 1.165) is 42.9 Å². The van der Waals surface area contributed by atoms with Gasteiger partial charge in [0.15, 0.2) is 0 Å². The highest BCUT2D eigenvalue weighted by molar-refractivity contribution is 5.94. The molecule has 0 spiro atoms. The summed E-state index contributed by atoms with van der Waals surface area (Å²) in [5.74, 6) is 0.909. The fourth-order valence-corrected chi connectivity index (χ4v) is 2.55. The summed E-state index contributed by atoms with van der Waals surface area (Å²) in [6.07, 6.45) is 3.51. The molecule has 0 radical (unpaired) electrons. The first-order valence-electron chi connectivity index (χ1n) is 8.72. The van der Waals surface area contributed by atoms with E-state index >= 15 is 0 Å². The van der Waals surface area contributed by atoms with Crippen molar-refractivity contribution >= 4 is 17.5 Å². The minimum Gasteiger partial charge on any atom is -0.494 e. The summed E-state index contributed by atoms with van der Waals surface area (Å²) >= 11 is 0. The zero-order valence-electron chi connectivity index (χ0n) is 14.3. The number of hydrogen-bond acceptors (Lipinski definition) is 4. The smallest absolute Gasteiger partial charge is 0.224 e. The van der Waals surface area contributed by atoms with Crippen LogP contribution in [0.5, 0.6) is 5.75 Å². The Hall–Kier alpha value is -2.08. The summed E-state index contributed by atoms with van der Waals surface area (Å²) in [4.78, 5) is 23.0. The Balaban J connectivity index is 1.60. The SMILES string of the molecule is CCCNCCNC(=O)CCCOc1ccc2c(c1)CCC(=O)N2. The van der Waals surface area contributed by atoms with Gasteiger partial charge in [0.2, 0.25) is 11.8 Å². The quantitative estimate of drug-likeness (QED) is 0.571. The van der Waals surface area contributed by atoms with Gasteiger partial charge >= 0.3 is 0 Å². The Morgan fingerprint density at radius 1 is 1.25 bits per heavy atom. The maximum absolute atomic E-state index is 11.7. The normalized spacial score (nSPS) is 13.1. The second kappa shape index (κ2) is 9.93. The molecule has 0 bridgehead atoms. The summed E-state index contributed by atoms with van der Waals surface area (Å²) in [6.45, 7) is 5.07. The van der Waals surface area contributed by atoms with Crippen LogP contribution in [0.15, 0.2) is 18.2 Å². The number of amides is 2. The molecule has 0 atom stereocenters. The number of rotatable bonds is 10. The summed E-state index contributed by atoms with van der Waals surface area (Å²) in [5, 5.41) is 8.98. The zero-order chi connectivity index (χ0) is 17.2. The first kappa shape index (κ1) is 18.3. The van der Waals surface area contributed by atoms with E-state index in [2.05, 4.69) is 22.9 Å². The van der Waals surface area contributed by atoms with Crippen LogP contribution < -0.4 is 20.7 Å². The van der Waals surface area contributed by atoms with Gasteiger partial charge in [-0.15, -0.1) is 0 Å². The zero-order valence-corrected chi connectivity index (χ0v) is 14.3. The predicted molar refractivity (Wildman–Crippen MR) is 94.3 cm³/mol. The van der Waals surface area contributed by atoms with Crippen molar-refractivity contribution in [2.24, 2.45) is 0 Å². The summed E-state index contributed by atoms with van der Waals surface area (Å²) in [7, 11) is 0. The van der Waals surface area contributed by atoms with Crippen molar-refractivity contribution in [2.75, 3.05) is 31.6 Å². The van der Waals surface area contributed by atoms with Crippen LogP contribution in [0, 0.1) is 0 Å². The molecule has 0 saturated heterocycles. The largest absolute Gasteiger partial charge is 0.494 e. The van der Waals surface area contributed by atoms with Gasteiger partial charge in [0.05, 0.1) is 6.61 Å². The van der Waals surface area contributed by atoms with E-state index in [1.165, 1.54) is 0 Å². The van der Waals surface area contributed by atoms with Crippen molar-refractivity contribution in [3.05, 3.63) is 23.8 Å². The first-order chi connectivity index (χ1) is 11.7. The van der Waals surface area contributed by atoms with E-state index < -0.39 is 0 Å². The molecular weight excluding hydrogens is 306 g/mol. The third-order valence-corrected chi connectivity index (χ3v) is 3.84. The summed E-state index contributed by atoms with van der Waals surface area (Å²) in [5.41, 5.74) is 1.97.